The van der Waals surface area contributed by atoms with E-state index in [1.165, 1.54) is 33.6 Å². The maximum Gasteiger partial charge on any atom is 0.407 e. The SMILES string of the molecule is CC(=O)c1ccc(C=CCNC(=O)OCC2c3ccccc3-c3ccccc32)s1. The van der Waals surface area contributed by atoms with E-state index < -0.39 is 6.09 Å². The highest BCUT2D eigenvalue weighted by Crippen LogP contribution is 2.44. The zero-order chi connectivity index (χ0) is 20.2. The van der Waals surface area contributed by atoms with Crippen LogP contribution in [0.25, 0.3) is 17.2 Å². The van der Waals surface area contributed by atoms with Crippen LogP contribution in [0.4, 0.5) is 4.79 Å². The molecule has 5 heteroatoms. The summed E-state index contributed by atoms with van der Waals surface area (Å²) >= 11 is 1.43. The third-order valence-electron chi connectivity index (χ3n) is 4.96. The van der Waals surface area contributed by atoms with E-state index in [0.29, 0.717) is 13.2 Å². The quantitative estimate of drug-likeness (QED) is 0.553. The molecule has 1 amide bonds. The second-order valence-corrected chi connectivity index (χ2v) is 7.98. The van der Waals surface area contributed by atoms with Gasteiger partial charge >= 0.3 is 6.09 Å². The van der Waals surface area contributed by atoms with Crippen molar-refractivity contribution in [2.24, 2.45) is 0 Å². The van der Waals surface area contributed by atoms with Crippen molar-refractivity contribution >= 4 is 29.3 Å². The number of carbonyl (C=O) groups excluding carboxylic acids is 2. The lowest BCUT2D eigenvalue weighted by molar-refractivity contribution is 0.102. The Morgan fingerprint density at radius 1 is 1.00 bits per heavy atom. The summed E-state index contributed by atoms with van der Waals surface area (Å²) in [6, 6.07) is 20.2. The first-order valence-corrected chi connectivity index (χ1v) is 10.3. The largest absolute Gasteiger partial charge is 0.449 e. The van der Waals surface area contributed by atoms with Gasteiger partial charge in [-0.2, -0.15) is 0 Å². The molecule has 1 heterocycles. The maximum atomic E-state index is 12.1. The molecule has 0 atom stereocenters. The van der Waals surface area contributed by atoms with Gasteiger partial charge in [0.05, 0.1) is 4.88 Å². The molecule has 4 rings (SSSR count). The standard InChI is InChI=1S/C24H21NO3S/c1-16(26)23-13-12-17(29-23)7-6-14-25-24(27)28-15-22-20-10-4-2-8-18(20)19-9-3-5-11-21(19)22/h2-13,22H,14-15H2,1H3,(H,25,27). The molecule has 0 radical (unpaired) electrons. The van der Waals surface area contributed by atoms with Crippen LogP contribution in [-0.4, -0.2) is 25.0 Å². The Hall–Kier alpha value is -3.18. The summed E-state index contributed by atoms with van der Waals surface area (Å²) < 4.78 is 5.50. The molecule has 146 valence electrons. The Morgan fingerprint density at radius 2 is 1.66 bits per heavy atom. The Morgan fingerprint density at radius 3 is 2.28 bits per heavy atom. The summed E-state index contributed by atoms with van der Waals surface area (Å²) in [6.07, 6.45) is 3.30. The van der Waals surface area contributed by atoms with Crippen LogP contribution in [0.15, 0.2) is 66.7 Å². The van der Waals surface area contributed by atoms with Gasteiger partial charge in [0.2, 0.25) is 0 Å². The predicted octanol–water partition coefficient (Wildman–Crippen LogP) is 5.50. The Bertz CT molecular complexity index is 1040. The number of benzene rings is 2. The summed E-state index contributed by atoms with van der Waals surface area (Å²) in [7, 11) is 0. The van der Waals surface area contributed by atoms with E-state index in [9.17, 15) is 9.59 Å². The first kappa shape index (κ1) is 19.2. The zero-order valence-corrected chi connectivity index (χ0v) is 16.9. The molecular weight excluding hydrogens is 382 g/mol. The molecule has 0 saturated heterocycles. The molecule has 1 N–H and O–H groups in total. The lowest BCUT2D eigenvalue weighted by Gasteiger charge is -2.14. The average Bonchev–Trinajstić information content (AvgIpc) is 3.33. The van der Waals surface area contributed by atoms with Crippen LogP contribution in [0.3, 0.4) is 0 Å². The third-order valence-corrected chi connectivity index (χ3v) is 6.12. The lowest BCUT2D eigenvalue weighted by atomic mass is 9.98. The van der Waals surface area contributed by atoms with E-state index >= 15 is 0 Å². The molecule has 1 aromatic heterocycles. The number of fused-ring (bicyclic) bond motifs is 3. The van der Waals surface area contributed by atoms with Crippen molar-refractivity contribution in [3.05, 3.63) is 87.6 Å². The van der Waals surface area contributed by atoms with Crippen molar-refractivity contribution in [2.75, 3.05) is 13.2 Å². The fraction of sp³-hybridized carbons (Fsp3) is 0.167. The summed E-state index contributed by atoms with van der Waals surface area (Å²) in [5, 5.41) is 2.74. The van der Waals surface area contributed by atoms with Gasteiger partial charge in [-0.05, 0) is 47.4 Å². The number of amides is 1. The Labute approximate surface area is 173 Å². The van der Waals surface area contributed by atoms with Crippen LogP contribution >= 0.6 is 11.3 Å². The number of thiophene rings is 1. The molecule has 0 unspecified atom stereocenters. The number of carbonyl (C=O) groups is 2. The average molecular weight is 404 g/mol. The van der Waals surface area contributed by atoms with E-state index in [-0.39, 0.29) is 11.7 Å². The van der Waals surface area contributed by atoms with Crippen LogP contribution in [-0.2, 0) is 4.74 Å². The molecule has 3 aromatic rings. The topological polar surface area (TPSA) is 55.4 Å². The zero-order valence-electron chi connectivity index (χ0n) is 16.1. The minimum Gasteiger partial charge on any atom is -0.449 e. The number of nitrogens with one attached hydrogen (secondary N) is 1. The van der Waals surface area contributed by atoms with Gasteiger partial charge in [-0.25, -0.2) is 4.79 Å². The Kier molecular flexibility index (Phi) is 5.58. The fourth-order valence-corrected chi connectivity index (χ4v) is 4.43. The highest BCUT2D eigenvalue weighted by molar-refractivity contribution is 7.14. The number of ether oxygens (including phenoxy) is 1. The second kappa shape index (κ2) is 8.45. The molecule has 4 nitrogen and oxygen atoms in total. The van der Waals surface area contributed by atoms with Crippen molar-refractivity contribution in [2.45, 2.75) is 12.8 Å². The fourth-order valence-electron chi connectivity index (χ4n) is 3.60. The van der Waals surface area contributed by atoms with Gasteiger partial charge in [-0.3, -0.25) is 4.79 Å². The van der Waals surface area contributed by atoms with Gasteiger partial charge in [-0.1, -0.05) is 54.6 Å². The summed E-state index contributed by atoms with van der Waals surface area (Å²) in [5.41, 5.74) is 4.81. The van der Waals surface area contributed by atoms with Crippen molar-refractivity contribution < 1.29 is 14.3 Å². The number of hydrogen-bond acceptors (Lipinski definition) is 4. The molecule has 29 heavy (non-hydrogen) atoms. The summed E-state index contributed by atoms with van der Waals surface area (Å²) in [6.45, 7) is 2.22. The van der Waals surface area contributed by atoms with Crippen molar-refractivity contribution in [1.82, 2.24) is 5.32 Å². The first-order chi connectivity index (χ1) is 14.1. The van der Waals surface area contributed by atoms with E-state index in [4.69, 9.17) is 4.74 Å². The molecule has 0 aliphatic heterocycles. The lowest BCUT2D eigenvalue weighted by Crippen LogP contribution is -2.26. The minimum atomic E-state index is -0.438. The van der Waals surface area contributed by atoms with E-state index in [2.05, 4.69) is 29.6 Å². The highest BCUT2D eigenvalue weighted by Gasteiger charge is 2.28. The number of ketones is 1. The smallest absolute Gasteiger partial charge is 0.407 e. The molecule has 0 spiro atoms. The number of hydrogen-bond donors (Lipinski definition) is 1. The number of alkyl carbamates (subject to hydrolysis) is 1. The monoisotopic (exact) mass is 403 g/mol. The Balaban J connectivity index is 1.32. The van der Waals surface area contributed by atoms with Gasteiger partial charge in [0, 0.05) is 17.3 Å². The van der Waals surface area contributed by atoms with Crippen LogP contribution in [0.5, 0.6) is 0 Å². The molecule has 0 saturated carbocycles. The van der Waals surface area contributed by atoms with Gasteiger partial charge in [0.15, 0.2) is 5.78 Å². The minimum absolute atomic E-state index is 0.0554. The van der Waals surface area contributed by atoms with Gasteiger partial charge in [0.25, 0.3) is 0 Å². The normalized spacial score (nSPS) is 12.6. The highest BCUT2D eigenvalue weighted by atomic mass is 32.1. The van der Waals surface area contributed by atoms with Gasteiger partial charge < -0.3 is 10.1 Å². The third kappa shape index (κ3) is 4.15. The number of Topliss-reactive ketones (excluding diaryl/α,β-unsaturated/α-hetero) is 1. The van der Waals surface area contributed by atoms with Crippen LogP contribution < -0.4 is 5.32 Å². The first-order valence-electron chi connectivity index (χ1n) is 9.49. The molecule has 1 aliphatic carbocycles. The second-order valence-electron chi connectivity index (χ2n) is 6.87. The molecule has 0 fully saturated rings. The molecule has 1 aliphatic rings. The van der Waals surface area contributed by atoms with E-state index in [1.807, 2.05) is 48.6 Å². The van der Waals surface area contributed by atoms with Crippen LogP contribution in [0, 0.1) is 0 Å². The van der Waals surface area contributed by atoms with Gasteiger partial charge in [-0.15, -0.1) is 11.3 Å². The van der Waals surface area contributed by atoms with E-state index in [0.717, 1.165) is 9.75 Å². The maximum absolute atomic E-state index is 12.1. The van der Waals surface area contributed by atoms with E-state index in [1.54, 1.807) is 6.92 Å². The van der Waals surface area contributed by atoms with Crippen LogP contribution in [0.2, 0.25) is 0 Å². The van der Waals surface area contributed by atoms with Crippen molar-refractivity contribution in [1.29, 1.82) is 0 Å². The van der Waals surface area contributed by atoms with Gasteiger partial charge in [0.1, 0.15) is 6.61 Å². The number of rotatable bonds is 6. The summed E-state index contributed by atoms with van der Waals surface area (Å²) in [5.74, 6) is 0.117. The predicted molar refractivity (Wildman–Crippen MR) is 116 cm³/mol. The summed E-state index contributed by atoms with van der Waals surface area (Å²) in [4.78, 5) is 25.2. The molecular formula is C24H21NO3S. The molecule has 0 bridgehead atoms. The van der Waals surface area contributed by atoms with Crippen LogP contribution in [0.1, 0.15) is 38.5 Å². The van der Waals surface area contributed by atoms with Crippen molar-refractivity contribution in [3.63, 3.8) is 0 Å². The van der Waals surface area contributed by atoms with Crippen molar-refractivity contribution in [3.8, 4) is 11.1 Å². The molecule has 2 aromatic carbocycles.